The van der Waals surface area contributed by atoms with E-state index in [0.29, 0.717) is 11.8 Å². The van der Waals surface area contributed by atoms with Gasteiger partial charge in [0.25, 0.3) is 0 Å². The van der Waals surface area contributed by atoms with E-state index in [-0.39, 0.29) is 5.41 Å². The average molecular weight is 483 g/mol. The van der Waals surface area contributed by atoms with Gasteiger partial charge in [0.15, 0.2) is 11.6 Å². The number of benzene rings is 3. The molecule has 0 aliphatic heterocycles. The first-order valence-electron chi connectivity index (χ1n) is 13.9. The number of fused-ring (bicyclic) bond motifs is 3. The monoisotopic (exact) mass is 482 g/mol. The maximum Gasteiger partial charge on any atom is 0.159 e. The van der Waals surface area contributed by atoms with Gasteiger partial charge in [-0.1, -0.05) is 73.9 Å². The molecule has 186 valence electrons. The van der Waals surface area contributed by atoms with Gasteiger partial charge in [-0.2, -0.15) is 0 Å². The van der Waals surface area contributed by atoms with Crippen molar-refractivity contribution in [1.82, 2.24) is 0 Å². The van der Waals surface area contributed by atoms with E-state index >= 15 is 0 Å². The van der Waals surface area contributed by atoms with Crippen LogP contribution in [-0.2, 0) is 11.8 Å². The van der Waals surface area contributed by atoms with Gasteiger partial charge < -0.3 is 0 Å². The third-order valence-electron chi connectivity index (χ3n) is 9.55. The Labute approximate surface area is 214 Å². The van der Waals surface area contributed by atoms with Crippen LogP contribution in [0.1, 0.15) is 98.4 Å². The van der Waals surface area contributed by atoms with Gasteiger partial charge >= 0.3 is 0 Å². The quantitative estimate of drug-likeness (QED) is 0.271. The van der Waals surface area contributed by atoms with Crippen molar-refractivity contribution in [1.29, 1.82) is 0 Å². The van der Waals surface area contributed by atoms with E-state index < -0.39 is 11.6 Å². The minimum Gasteiger partial charge on any atom is -0.204 e. The molecule has 0 amide bonds. The fraction of sp³-hybridized carbons (Fsp3) is 0.412. The maximum absolute atomic E-state index is 13.9. The van der Waals surface area contributed by atoms with E-state index in [1.54, 1.807) is 17.2 Å². The van der Waals surface area contributed by atoms with Crippen molar-refractivity contribution in [3.05, 3.63) is 100 Å². The molecule has 0 heterocycles. The van der Waals surface area contributed by atoms with Gasteiger partial charge in [-0.15, -0.1) is 0 Å². The summed E-state index contributed by atoms with van der Waals surface area (Å²) < 4.78 is 27.4. The van der Waals surface area contributed by atoms with Crippen LogP contribution in [-0.4, -0.2) is 0 Å². The van der Waals surface area contributed by atoms with Crippen LogP contribution in [0.15, 0.2) is 60.7 Å². The molecule has 0 saturated heterocycles. The van der Waals surface area contributed by atoms with E-state index in [2.05, 4.69) is 55.5 Å². The molecule has 0 unspecified atom stereocenters. The van der Waals surface area contributed by atoms with Crippen molar-refractivity contribution in [2.45, 2.75) is 82.5 Å². The summed E-state index contributed by atoms with van der Waals surface area (Å²) in [5.41, 5.74) is 10.1. The molecule has 6 rings (SSSR count). The number of hydrogen-bond donors (Lipinski definition) is 0. The minimum atomic E-state index is -0.746. The summed E-state index contributed by atoms with van der Waals surface area (Å²) >= 11 is 0. The first-order valence-corrected chi connectivity index (χ1v) is 13.9. The minimum absolute atomic E-state index is 0.234. The zero-order chi connectivity index (χ0) is 24.7. The van der Waals surface area contributed by atoms with E-state index in [1.165, 1.54) is 79.3 Å². The Balaban J connectivity index is 1.37. The van der Waals surface area contributed by atoms with Crippen molar-refractivity contribution in [3.63, 3.8) is 0 Å². The summed E-state index contributed by atoms with van der Waals surface area (Å²) in [4.78, 5) is 0. The van der Waals surface area contributed by atoms with E-state index in [0.717, 1.165) is 24.8 Å². The van der Waals surface area contributed by atoms with Gasteiger partial charge in [-0.05, 0) is 120 Å². The number of hydrogen-bond acceptors (Lipinski definition) is 0. The van der Waals surface area contributed by atoms with Crippen LogP contribution in [0, 0.1) is 17.6 Å². The lowest BCUT2D eigenvalue weighted by Crippen LogP contribution is -2.40. The lowest BCUT2D eigenvalue weighted by molar-refractivity contribution is 0.140. The van der Waals surface area contributed by atoms with Crippen molar-refractivity contribution in [2.75, 3.05) is 0 Å². The highest BCUT2D eigenvalue weighted by Crippen LogP contribution is 2.55. The van der Waals surface area contributed by atoms with Crippen molar-refractivity contribution < 1.29 is 8.78 Å². The first kappa shape index (κ1) is 23.6. The molecule has 0 spiro atoms. The molecular formula is C34H36F2. The van der Waals surface area contributed by atoms with Gasteiger partial charge in [0.2, 0.25) is 0 Å². The van der Waals surface area contributed by atoms with E-state index in [1.807, 2.05) is 0 Å². The smallest absolute Gasteiger partial charge is 0.159 e. The topological polar surface area (TPSA) is 0 Å². The van der Waals surface area contributed by atoms with Crippen LogP contribution in [0.2, 0.25) is 0 Å². The molecule has 0 atom stereocenters. The standard InChI is InChI=1S/C34H36F2/c1-2-8-24-13-17-30(29-21-26-9-4-5-10-28(26)33(24)29)34(19-6-3-7-20-34)27-15-11-23(12-16-27)25-14-18-31(35)32(36)22-25/h2,4-5,8-10,13-14,17-18,22-23,27H,3,6-7,11-12,15-16,19-21H2,1H3. The highest BCUT2D eigenvalue weighted by atomic mass is 19.2. The maximum atomic E-state index is 13.9. The Morgan fingerprint density at radius 2 is 1.61 bits per heavy atom. The predicted molar refractivity (Wildman–Crippen MR) is 145 cm³/mol. The Bertz CT molecular complexity index is 1290. The second-order valence-electron chi connectivity index (χ2n) is 11.3. The zero-order valence-electron chi connectivity index (χ0n) is 21.3. The summed E-state index contributed by atoms with van der Waals surface area (Å²) in [5, 5.41) is 0. The van der Waals surface area contributed by atoms with Crippen molar-refractivity contribution in [2.24, 2.45) is 5.92 Å². The molecule has 0 nitrogen and oxygen atoms in total. The molecule has 3 aromatic rings. The van der Waals surface area contributed by atoms with Gasteiger partial charge in [0.1, 0.15) is 0 Å². The Morgan fingerprint density at radius 1 is 0.833 bits per heavy atom. The van der Waals surface area contributed by atoms with E-state index in [4.69, 9.17) is 0 Å². The molecule has 3 aliphatic carbocycles. The summed E-state index contributed by atoms with van der Waals surface area (Å²) in [5.74, 6) is -0.469. The molecule has 2 heteroatoms. The Morgan fingerprint density at radius 3 is 2.36 bits per heavy atom. The number of halogens is 2. The molecule has 3 aliphatic rings. The van der Waals surface area contributed by atoms with Crippen molar-refractivity contribution in [3.8, 4) is 11.1 Å². The molecule has 0 bridgehead atoms. The zero-order valence-corrected chi connectivity index (χ0v) is 21.3. The third-order valence-corrected chi connectivity index (χ3v) is 9.55. The second kappa shape index (κ2) is 9.61. The van der Waals surface area contributed by atoms with Gasteiger partial charge in [0, 0.05) is 0 Å². The first-order chi connectivity index (χ1) is 17.6. The molecule has 0 aromatic heterocycles. The van der Waals surface area contributed by atoms with Crippen LogP contribution in [0.3, 0.4) is 0 Å². The SMILES string of the molecule is CC=Cc1ccc(C2(C3CCC(c4ccc(F)c(F)c4)CC3)CCCCC2)c2c1-c1ccccc1C2. The van der Waals surface area contributed by atoms with E-state index in [9.17, 15) is 8.78 Å². The molecule has 36 heavy (non-hydrogen) atoms. The lowest BCUT2D eigenvalue weighted by atomic mass is 9.56. The molecule has 0 N–H and O–H groups in total. The summed E-state index contributed by atoms with van der Waals surface area (Å²) in [7, 11) is 0. The van der Waals surface area contributed by atoms with Crippen LogP contribution in [0.5, 0.6) is 0 Å². The van der Waals surface area contributed by atoms with Crippen LogP contribution < -0.4 is 0 Å². The lowest BCUT2D eigenvalue weighted by Gasteiger charge is -2.48. The van der Waals surface area contributed by atoms with Crippen LogP contribution in [0.4, 0.5) is 8.78 Å². The average Bonchev–Trinajstić information content (AvgIpc) is 3.31. The third kappa shape index (κ3) is 3.94. The van der Waals surface area contributed by atoms with Gasteiger partial charge in [-0.3, -0.25) is 0 Å². The summed E-state index contributed by atoms with van der Waals surface area (Å²) in [6.45, 7) is 2.11. The van der Waals surface area contributed by atoms with Crippen molar-refractivity contribution >= 4 is 6.08 Å². The highest BCUT2D eigenvalue weighted by Gasteiger charge is 2.45. The Kier molecular flexibility index (Phi) is 6.32. The molecule has 2 saturated carbocycles. The normalized spacial score (nSPS) is 23.0. The second-order valence-corrected chi connectivity index (χ2v) is 11.3. The fourth-order valence-corrected chi connectivity index (χ4v) is 7.89. The number of rotatable bonds is 4. The van der Waals surface area contributed by atoms with Crippen LogP contribution in [0.25, 0.3) is 17.2 Å². The largest absolute Gasteiger partial charge is 0.204 e. The summed E-state index contributed by atoms with van der Waals surface area (Å²) in [6.07, 6.45) is 16.4. The predicted octanol–water partition coefficient (Wildman–Crippen LogP) is 9.74. The van der Waals surface area contributed by atoms with Gasteiger partial charge in [-0.25, -0.2) is 8.78 Å². The molecule has 3 aromatic carbocycles. The number of allylic oxidation sites excluding steroid dienone is 1. The molecule has 0 radical (unpaired) electrons. The molecule has 2 fully saturated rings. The summed E-state index contributed by atoms with van der Waals surface area (Å²) in [6, 6.07) is 18.3. The van der Waals surface area contributed by atoms with Gasteiger partial charge in [0.05, 0.1) is 0 Å². The fourth-order valence-electron chi connectivity index (χ4n) is 7.89. The molecular weight excluding hydrogens is 446 g/mol. The highest BCUT2D eigenvalue weighted by molar-refractivity contribution is 5.85. The Hall–Kier alpha value is -2.74. The van der Waals surface area contributed by atoms with Crippen LogP contribution >= 0.6 is 0 Å².